The molecule has 1 unspecified atom stereocenters. The summed E-state index contributed by atoms with van der Waals surface area (Å²) in [6, 6.07) is 14.5. The van der Waals surface area contributed by atoms with Crippen LogP contribution in [-0.2, 0) is 20.8 Å². The highest BCUT2D eigenvalue weighted by molar-refractivity contribution is 6.51. The standard InChI is InChI=1S/C27H23N3O5/c1-16(31)29-20-5-2-6-21(15-20)30-24(17-9-11-28-12-10-17)23(26(33)27(30)34)25(32)19-7-8-22-18(14-19)4-3-13-35-22/h2,5-12,14-15,24,32H,3-4,13H2,1H3,(H,29,31)/b25-23-. The average molecular weight is 469 g/mol. The molecule has 8 nitrogen and oxygen atoms in total. The molecule has 2 aromatic carbocycles. The number of fused-ring (bicyclic) bond motifs is 1. The van der Waals surface area contributed by atoms with Crippen molar-refractivity contribution in [2.45, 2.75) is 25.8 Å². The van der Waals surface area contributed by atoms with Gasteiger partial charge in [-0.05, 0) is 72.5 Å². The topological polar surface area (TPSA) is 109 Å². The van der Waals surface area contributed by atoms with E-state index in [9.17, 15) is 19.5 Å². The molecule has 3 heterocycles. The highest BCUT2D eigenvalue weighted by atomic mass is 16.5. The highest BCUT2D eigenvalue weighted by Crippen LogP contribution is 2.43. The Hall–Kier alpha value is -4.46. The van der Waals surface area contributed by atoms with Crippen LogP contribution in [-0.4, -0.2) is 34.3 Å². The normalized spacial score (nSPS) is 18.7. The van der Waals surface area contributed by atoms with E-state index >= 15 is 0 Å². The average Bonchev–Trinajstić information content (AvgIpc) is 3.14. The maximum Gasteiger partial charge on any atom is 0.300 e. The summed E-state index contributed by atoms with van der Waals surface area (Å²) >= 11 is 0. The van der Waals surface area contributed by atoms with E-state index in [-0.39, 0.29) is 17.2 Å². The summed E-state index contributed by atoms with van der Waals surface area (Å²) in [4.78, 5) is 43.6. The summed E-state index contributed by atoms with van der Waals surface area (Å²) in [6.45, 7) is 2.03. The van der Waals surface area contributed by atoms with Gasteiger partial charge >= 0.3 is 0 Å². The number of carbonyl (C=O) groups excluding carboxylic acids is 3. The van der Waals surface area contributed by atoms with Crippen LogP contribution in [0, 0.1) is 0 Å². The fourth-order valence-electron chi connectivity index (χ4n) is 4.56. The number of pyridine rings is 1. The van der Waals surface area contributed by atoms with Crippen molar-refractivity contribution >= 4 is 34.7 Å². The summed E-state index contributed by atoms with van der Waals surface area (Å²) in [6.07, 6.45) is 4.80. The number of nitrogens with zero attached hydrogens (tertiary/aromatic N) is 2. The molecule has 1 saturated heterocycles. The van der Waals surface area contributed by atoms with Gasteiger partial charge in [-0.15, -0.1) is 0 Å². The molecule has 1 aromatic heterocycles. The molecule has 2 aliphatic heterocycles. The zero-order valence-electron chi connectivity index (χ0n) is 19.0. The maximum absolute atomic E-state index is 13.3. The second kappa shape index (κ2) is 9.06. The van der Waals surface area contributed by atoms with Gasteiger partial charge in [0.05, 0.1) is 18.2 Å². The minimum atomic E-state index is -0.877. The number of Topliss-reactive ketones (excluding diaryl/α,β-unsaturated/α-hetero) is 1. The number of aryl methyl sites for hydroxylation is 1. The molecule has 0 bridgehead atoms. The molecule has 3 aromatic rings. The molecule has 0 aliphatic carbocycles. The Labute approximate surface area is 201 Å². The number of benzene rings is 2. The van der Waals surface area contributed by atoms with Gasteiger partial charge in [-0.1, -0.05) is 6.07 Å². The lowest BCUT2D eigenvalue weighted by molar-refractivity contribution is -0.132. The molecule has 35 heavy (non-hydrogen) atoms. The number of nitrogens with one attached hydrogen (secondary N) is 1. The molecule has 2 aliphatic rings. The molecular formula is C27H23N3O5. The number of aromatic nitrogens is 1. The summed E-state index contributed by atoms with van der Waals surface area (Å²) in [5.74, 6) is -1.31. The molecule has 176 valence electrons. The molecule has 2 N–H and O–H groups in total. The fraction of sp³-hybridized carbons (Fsp3) is 0.185. The molecule has 0 spiro atoms. The van der Waals surface area contributed by atoms with E-state index in [1.165, 1.54) is 11.8 Å². The molecule has 0 radical (unpaired) electrons. The third-order valence-corrected chi connectivity index (χ3v) is 6.09. The predicted octanol–water partition coefficient (Wildman–Crippen LogP) is 3.99. The van der Waals surface area contributed by atoms with Crippen LogP contribution < -0.4 is 15.0 Å². The largest absolute Gasteiger partial charge is 0.507 e. The molecule has 2 amide bonds. The van der Waals surface area contributed by atoms with Gasteiger partial charge in [-0.3, -0.25) is 24.3 Å². The Morgan fingerprint density at radius 2 is 1.91 bits per heavy atom. The molecule has 5 rings (SSSR count). The van der Waals surface area contributed by atoms with Crippen LogP contribution in [0.3, 0.4) is 0 Å². The van der Waals surface area contributed by atoms with Gasteiger partial charge in [0.2, 0.25) is 5.91 Å². The van der Waals surface area contributed by atoms with Gasteiger partial charge in [0, 0.05) is 36.3 Å². The van der Waals surface area contributed by atoms with Crippen molar-refractivity contribution in [1.82, 2.24) is 4.98 Å². The van der Waals surface area contributed by atoms with E-state index in [0.717, 1.165) is 24.2 Å². The third kappa shape index (κ3) is 4.14. The molecule has 0 saturated carbocycles. The summed E-state index contributed by atoms with van der Waals surface area (Å²) in [5.41, 5.74) is 2.89. The van der Waals surface area contributed by atoms with Crippen molar-refractivity contribution in [3.63, 3.8) is 0 Å². The predicted molar refractivity (Wildman–Crippen MR) is 130 cm³/mol. The third-order valence-electron chi connectivity index (χ3n) is 6.09. The minimum Gasteiger partial charge on any atom is -0.507 e. The number of hydrogen-bond acceptors (Lipinski definition) is 6. The lowest BCUT2D eigenvalue weighted by Gasteiger charge is -2.26. The molecular weight excluding hydrogens is 446 g/mol. The molecule has 1 atom stereocenters. The van der Waals surface area contributed by atoms with Crippen LogP contribution in [0.25, 0.3) is 5.76 Å². The lowest BCUT2D eigenvalue weighted by Crippen LogP contribution is -2.29. The number of aliphatic hydroxyl groups excluding tert-OH is 1. The number of carbonyl (C=O) groups is 3. The highest BCUT2D eigenvalue weighted by Gasteiger charge is 2.47. The van der Waals surface area contributed by atoms with E-state index in [1.54, 1.807) is 67.0 Å². The number of hydrogen-bond donors (Lipinski definition) is 2. The Balaban J connectivity index is 1.66. The lowest BCUT2D eigenvalue weighted by atomic mass is 9.94. The summed E-state index contributed by atoms with van der Waals surface area (Å²) in [5, 5.41) is 14.0. The van der Waals surface area contributed by atoms with Crippen LogP contribution in [0.1, 0.15) is 36.1 Å². The van der Waals surface area contributed by atoms with Crippen LogP contribution >= 0.6 is 0 Å². The van der Waals surface area contributed by atoms with Crippen molar-refractivity contribution in [1.29, 1.82) is 0 Å². The first-order valence-corrected chi connectivity index (χ1v) is 11.3. The van der Waals surface area contributed by atoms with Crippen LogP contribution in [0.2, 0.25) is 0 Å². The first-order valence-electron chi connectivity index (χ1n) is 11.3. The molecule has 8 heteroatoms. The Bertz CT molecular complexity index is 1370. The van der Waals surface area contributed by atoms with Gasteiger partial charge in [0.1, 0.15) is 11.5 Å². The summed E-state index contributed by atoms with van der Waals surface area (Å²) < 4.78 is 5.66. The second-order valence-corrected chi connectivity index (χ2v) is 8.46. The van der Waals surface area contributed by atoms with Crippen LogP contribution in [0.4, 0.5) is 11.4 Å². The number of aliphatic hydroxyl groups is 1. The number of ketones is 1. The van der Waals surface area contributed by atoms with E-state index in [2.05, 4.69) is 10.3 Å². The van der Waals surface area contributed by atoms with Gasteiger partial charge in [-0.25, -0.2) is 0 Å². The van der Waals surface area contributed by atoms with Gasteiger partial charge < -0.3 is 15.2 Å². The minimum absolute atomic E-state index is 0.0113. The fourth-order valence-corrected chi connectivity index (χ4v) is 4.56. The Morgan fingerprint density at radius 3 is 2.69 bits per heavy atom. The molecule has 1 fully saturated rings. The number of amides is 2. The van der Waals surface area contributed by atoms with Crippen molar-refractivity contribution < 1.29 is 24.2 Å². The quantitative estimate of drug-likeness (QED) is 0.340. The van der Waals surface area contributed by atoms with E-state index in [4.69, 9.17) is 4.74 Å². The monoisotopic (exact) mass is 469 g/mol. The van der Waals surface area contributed by atoms with Gasteiger partial charge in [0.25, 0.3) is 11.7 Å². The van der Waals surface area contributed by atoms with Crippen molar-refractivity contribution in [3.8, 4) is 5.75 Å². The van der Waals surface area contributed by atoms with Crippen molar-refractivity contribution in [3.05, 3.63) is 89.3 Å². The van der Waals surface area contributed by atoms with Gasteiger partial charge in [-0.2, -0.15) is 0 Å². The first kappa shape index (κ1) is 22.3. The van der Waals surface area contributed by atoms with Crippen LogP contribution in [0.15, 0.2) is 72.6 Å². The number of ether oxygens (including phenoxy) is 1. The van der Waals surface area contributed by atoms with Crippen LogP contribution in [0.5, 0.6) is 5.75 Å². The SMILES string of the molecule is CC(=O)Nc1cccc(N2C(=O)C(=O)/C(=C(\O)c3ccc4c(c3)CCCO4)C2c2ccncc2)c1. The number of anilines is 2. The zero-order valence-corrected chi connectivity index (χ0v) is 19.0. The Morgan fingerprint density at radius 1 is 1.11 bits per heavy atom. The summed E-state index contributed by atoms with van der Waals surface area (Å²) in [7, 11) is 0. The van der Waals surface area contributed by atoms with Crippen molar-refractivity contribution in [2.24, 2.45) is 0 Å². The maximum atomic E-state index is 13.3. The first-order chi connectivity index (χ1) is 16.9. The van der Waals surface area contributed by atoms with E-state index in [1.807, 2.05) is 0 Å². The smallest absolute Gasteiger partial charge is 0.300 e. The van der Waals surface area contributed by atoms with E-state index < -0.39 is 17.7 Å². The Kier molecular flexibility index (Phi) is 5.78. The van der Waals surface area contributed by atoms with Crippen molar-refractivity contribution in [2.75, 3.05) is 16.8 Å². The zero-order chi connectivity index (χ0) is 24.5. The van der Waals surface area contributed by atoms with E-state index in [0.29, 0.717) is 29.1 Å². The van der Waals surface area contributed by atoms with Gasteiger partial charge in [0.15, 0.2) is 0 Å². The number of rotatable bonds is 4. The second-order valence-electron chi connectivity index (χ2n) is 8.46.